The zero-order valence-corrected chi connectivity index (χ0v) is 9.98. The lowest BCUT2D eigenvalue weighted by atomic mass is 10.1. The Hall–Kier alpha value is 0.270. The van der Waals surface area contributed by atoms with Crippen molar-refractivity contribution < 1.29 is 5.11 Å². The summed E-state index contributed by atoms with van der Waals surface area (Å²) in [6.07, 6.45) is 5.00. The monoisotopic (exact) mass is 217 g/mol. The summed E-state index contributed by atoms with van der Waals surface area (Å²) in [7, 11) is 0. The van der Waals surface area contributed by atoms with Gasteiger partial charge in [0.05, 0.1) is 0 Å². The summed E-state index contributed by atoms with van der Waals surface area (Å²) in [6, 6.07) is 0.589. The lowest BCUT2D eigenvalue weighted by molar-refractivity contribution is 0.206. The lowest BCUT2D eigenvalue weighted by Gasteiger charge is -2.18. The highest BCUT2D eigenvalue weighted by Crippen LogP contribution is 2.24. The third-order valence-corrected chi connectivity index (χ3v) is 3.96. The average Bonchev–Trinajstić information content (AvgIpc) is 2.65. The van der Waals surface area contributed by atoms with Gasteiger partial charge in [-0.2, -0.15) is 11.8 Å². The quantitative estimate of drug-likeness (QED) is 0.639. The van der Waals surface area contributed by atoms with Crippen molar-refractivity contribution in [2.24, 2.45) is 5.92 Å². The number of aliphatic hydroxyl groups excluding tert-OH is 1. The molecular weight excluding hydrogens is 194 g/mol. The smallest absolute Gasteiger partial charge is 0.0474 e. The van der Waals surface area contributed by atoms with Gasteiger partial charge in [0.1, 0.15) is 0 Å². The van der Waals surface area contributed by atoms with Gasteiger partial charge in [-0.1, -0.05) is 13.3 Å². The standard InChI is InChI=1S/C11H23NOS/c1-2-14-8-4-7-12-11-6-3-5-10(11)9-13/h10-13H,2-9H2,1H3. The molecule has 2 N–H and O–H groups in total. The van der Waals surface area contributed by atoms with E-state index < -0.39 is 0 Å². The van der Waals surface area contributed by atoms with E-state index in [1.54, 1.807) is 0 Å². The van der Waals surface area contributed by atoms with Crippen LogP contribution < -0.4 is 5.32 Å². The normalized spacial score (nSPS) is 27.0. The van der Waals surface area contributed by atoms with Gasteiger partial charge in [0.15, 0.2) is 0 Å². The van der Waals surface area contributed by atoms with Gasteiger partial charge >= 0.3 is 0 Å². The Bertz CT molecular complexity index is 143. The maximum absolute atomic E-state index is 9.13. The van der Waals surface area contributed by atoms with Gasteiger partial charge in [0.25, 0.3) is 0 Å². The molecule has 1 saturated carbocycles. The van der Waals surface area contributed by atoms with E-state index in [9.17, 15) is 0 Å². The second-order valence-electron chi connectivity index (χ2n) is 3.98. The summed E-state index contributed by atoms with van der Waals surface area (Å²) in [6.45, 7) is 3.69. The van der Waals surface area contributed by atoms with Crippen LogP contribution in [0.2, 0.25) is 0 Å². The van der Waals surface area contributed by atoms with E-state index in [-0.39, 0.29) is 0 Å². The first-order valence-electron chi connectivity index (χ1n) is 5.80. The Morgan fingerprint density at radius 3 is 3.00 bits per heavy atom. The first-order valence-corrected chi connectivity index (χ1v) is 6.96. The molecule has 2 nitrogen and oxygen atoms in total. The van der Waals surface area contributed by atoms with E-state index in [0.29, 0.717) is 18.6 Å². The van der Waals surface area contributed by atoms with Crippen LogP contribution in [0, 0.1) is 5.92 Å². The fraction of sp³-hybridized carbons (Fsp3) is 1.00. The number of hydrogen-bond acceptors (Lipinski definition) is 3. The number of thioether (sulfide) groups is 1. The van der Waals surface area contributed by atoms with Crippen molar-refractivity contribution in [3.63, 3.8) is 0 Å². The molecule has 0 aromatic carbocycles. The van der Waals surface area contributed by atoms with Crippen LogP contribution in [0.5, 0.6) is 0 Å². The molecule has 1 aliphatic carbocycles. The Morgan fingerprint density at radius 1 is 1.43 bits per heavy atom. The van der Waals surface area contributed by atoms with Crippen molar-refractivity contribution in [2.45, 2.75) is 38.6 Å². The van der Waals surface area contributed by atoms with Crippen LogP contribution >= 0.6 is 11.8 Å². The van der Waals surface area contributed by atoms with Gasteiger partial charge in [0, 0.05) is 12.6 Å². The molecule has 0 amide bonds. The SMILES string of the molecule is CCSCCCNC1CCCC1CO. The summed E-state index contributed by atoms with van der Waals surface area (Å²) in [4.78, 5) is 0. The largest absolute Gasteiger partial charge is 0.396 e. The molecule has 1 rings (SSSR count). The van der Waals surface area contributed by atoms with E-state index in [4.69, 9.17) is 5.11 Å². The molecular formula is C11H23NOS. The molecule has 0 saturated heterocycles. The number of nitrogens with one attached hydrogen (secondary N) is 1. The molecule has 3 heteroatoms. The Balaban J connectivity index is 2.00. The molecule has 0 radical (unpaired) electrons. The molecule has 0 aromatic heterocycles. The fourth-order valence-corrected chi connectivity index (χ4v) is 2.77. The molecule has 1 aliphatic rings. The first-order chi connectivity index (χ1) is 6.88. The van der Waals surface area contributed by atoms with Crippen molar-refractivity contribution >= 4 is 11.8 Å². The number of rotatable bonds is 7. The summed E-state index contributed by atoms with van der Waals surface area (Å²) in [5, 5.41) is 12.7. The lowest BCUT2D eigenvalue weighted by Crippen LogP contribution is -2.34. The van der Waals surface area contributed by atoms with Crippen LogP contribution in [0.4, 0.5) is 0 Å². The van der Waals surface area contributed by atoms with Crippen LogP contribution in [-0.2, 0) is 0 Å². The minimum atomic E-state index is 0.362. The molecule has 2 unspecified atom stereocenters. The molecule has 14 heavy (non-hydrogen) atoms. The minimum Gasteiger partial charge on any atom is -0.396 e. The van der Waals surface area contributed by atoms with Crippen molar-refractivity contribution in [3.8, 4) is 0 Å². The van der Waals surface area contributed by atoms with Crippen LogP contribution in [0.3, 0.4) is 0 Å². The van der Waals surface area contributed by atoms with E-state index >= 15 is 0 Å². The molecule has 0 bridgehead atoms. The third kappa shape index (κ3) is 4.20. The fourth-order valence-electron chi connectivity index (χ4n) is 2.13. The maximum Gasteiger partial charge on any atom is 0.0474 e. The molecule has 84 valence electrons. The van der Waals surface area contributed by atoms with Crippen molar-refractivity contribution in [1.82, 2.24) is 5.32 Å². The van der Waals surface area contributed by atoms with Crippen molar-refractivity contribution in [3.05, 3.63) is 0 Å². The van der Waals surface area contributed by atoms with Gasteiger partial charge in [0.2, 0.25) is 0 Å². The van der Waals surface area contributed by atoms with Gasteiger partial charge in [-0.25, -0.2) is 0 Å². The summed E-state index contributed by atoms with van der Waals surface area (Å²) in [5.41, 5.74) is 0. The van der Waals surface area contributed by atoms with Crippen molar-refractivity contribution in [1.29, 1.82) is 0 Å². The second-order valence-corrected chi connectivity index (χ2v) is 5.38. The molecule has 2 atom stereocenters. The predicted molar refractivity (Wildman–Crippen MR) is 63.8 cm³/mol. The van der Waals surface area contributed by atoms with E-state index in [2.05, 4.69) is 12.2 Å². The summed E-state index contributed by atoms with van der Waals surface area (Å²) in [5.74, 6) is 3.01. The predicted octanol–water partition coefficient (Wildman–Crippen LogP) is 1.88. The van der Waals surface area contributed by atoms with Crippen LogP contribution in [0.25, 0.3) is 0 Å². The zero-order chi connectivity index (χ0) is 10.2. The van der Waals surface area contributed by atoms with E-state index in [1.807, 2.05) is 11.8 Å². The summed E-state index contributed by atoms with van der Waals surface area (Å²) < 4.78 is 0. The summed E-state index contributed by atoms with van der Waals surface area (Å²) >= 11 is 2.01. The van der Waals surface area contributed by atoms with Gasteiger partial charge < -0.3 is 10.4 Å². The van der Waals surface area contributed by atoms with Crippen LogP contribution in [-0.4, -0.2) is 35.8 Å². The molecule has 1 fully saturated rings. The van der Waals surface area contributed by atoms with E-state index in [1.165, 1.54) is 37.2 Å². The Morgan fingerprint density at radius 2 is 2.29 bits per heavy atom. The zero-order valence-electron chi connectivity index (χ0n) is 9.17. The first kappa shape index (κ1) is 12.3. The molecule has 0 aromatic rings. The maximum atomic E-state index is 9.13. The highest BCUT2D eigenvalue weighted by atomic mass is 32.2. The minimum absolute atomic E-state index is 0.362. The van der Waals surface area contributed by atoms with Crippen molar-refractivity contribution in [2.75, 3.05) is 24.7 Å². The van der Waals surface area contributed by atoms with Crippen LogP contribution in [0.1, 0.15) is 32.6 Å². The topological polar surface area (TPSA) is 32.3 Å². The molecule has 0 heterocycles. The second kappa shape index (κ2) is 7.55. The van der Waals surface area contributed by atoms with Gasteiger partial charge in [-0.05, 0) is 43.2 Å². The molecule has 0 spiro atoms. The molecule has 0 aliphatic heterocycles. The highest BCUT2D eigenvalue weighted by molar-refractivity contribution is 7.99. The van der Waals surface area contributed by atoms with E-state index in [0.717, 1.165) is 6.54 Å². The Labute approximate surface area is 91.9 Å². The third-order valence-electron chi connectivity index (χ3n) is 2.97. The van der Waals surface area contributed by atoms with Gasteiger partial charge in [-0.3, -0.25) is 0 Å². The van der Waals surface area contributed by atoms with Crippen LogP contribution in [0.15, 0.2) is 0 Å². The average molecular weight is 217 g/mol. The highest BCUT2D eigenvalue weighted by Gasteiger charge is 2.25. The Kier molecular flexibility index (Phi) is 6.65. The number of aliphatic hydroxyl groups is 1. The number of hydrogen-bond donors (Lipinski definition) is 2. The van der Waals surface area contributed by atoms with Gasteiger partial charge in [-0.15, -0.1) is 0 Å².